The van der Waals surface area contributed by atoms with Crippen molar-refractivity contribution in [3.05, 3.63) is 82.2 Å². The van der Waals surface area contributed by atoms with E-state index in [4.69, 9.17) is 24.8 Å². The maximum absolute atomic E-state index is 12.5. The number of nitrogens with zero attached hydrogens (tertiary/aromatic N) is 3. The molecule has 1 heterocycles. The summed E-state index contributed by atoms with van der Waals surface area (Å²) in [7, 11) is 0. The minimum absolute atomic E-state index is 0.0639. The van der Waals surface area contributed by atoms with Gasteiger partial charge in [-0.3, -0.25) is 0 Å². The monoisotopic (exact) mass is 383 g/mol. The number of rotatable bonds is 8. The van der Waals surface area contributed by atoms with E-state index in [-0.39, 0.29) is 13.2 Å². The third-order valence-corrected chi connectivity index (χ3v) is 4.50. The summed E-state index contributed by atoms with van der Waals surface area (Å²) in [5, 5.41) is 3.76. The van der Waals surface area contributed by atoms with E-state index in [2.05, 4.69) is 10.0 Å². The Morgan fingerprint density at radius 3 is 2.54 bits per heavy atom. The van der Waals surface area contributed by atoms with Crippen molar-refractivity contribution in [3.63, 3.8) is 0 Å². The molecule has 0 amide bonds. The molecule has 3 atom stereocenters. The maximum atomic E-state index is 12.5. The van der Waals surface area contributed by atoms with Crippen LogP contribution in [0.2, 0.25) is 0 Å². The lowest BCUT2D eigenvalue weighted by atomic mass is 10.0. The number of benzene rings is 2. The molecule has 0 spiro atoms. The van der Waals surface area contributed by atoms with Gasteiger partial charge in [0.2, 0.25) is 0 Å². The second kappa shape index (κ2) is 9.34. The van der Waals surface area contributed by atoms with Crippen molar-refractivity contribution in [2.24, 2.45) is 5.11 Å². The highest BCUT2D eigenvalue weighted by Crippen LogP contribution is 2.36. The molecule has 0 aromatic heterocycles. The van der Waals surface area contributed by atoms with Gasteiger partial charge in [-0.15, -0.1) is 0 Å². The zero-order valence-corrected chi connectivity index (χ0v) is 15.4. The highest BCUT2D eigenvalue weighted by Gasteiger charge is 2.53. The summed E-state index contributed by atoms with van der Waals surface area (Å²) in [5.41, 5.74) is 8.93. The lowest BCUT2D eigenvalue weighted by Gasteiger charge is -2.29. The SMILES string of the molecule is CC[C@@]1(N=[N+]=[N-])OC[C@H](OOCc2ccccc2)[C@@H]1OC(=O)c1ccccc1. The van der Waals surface area contributed by atoms with Crippen LogP contribution in [0.15, 0.2) is 65.8 Å². The van der Waals surface area contributed by atoms with Crippen molar-refractivity contribution in [3.8, 4) is 0 Å². The molecule has 1 aliphatic heterocycles. The number of ether oxygens (including phenoxy) is 2. The number of esters is 1. The standard InChI is InChI=1S/C20H21N3O5/c1-2-20(22-23-21)18(27-19(24)16-11-7-4-8-12-16)17(14-25-20)28-26-13-15-9-5-3-6-10-15/h3-12,17-18H,2,13-14H2,1H3/t17-,18-,20+/m0/s1. The molecule has 0 bridgehead atoms. The van der Waals surface area contributed by atoms with Crippen LogP contribution in [-0.4, -0.2) is 30.5 Å². The van der Waals surface area contributed by atoms with Gasteiger partial charge in [0.15, 0.2) is 17.9 Å². The second-order valence-electron chi connectivity index (χ2n) is 6.27. The maximum Gasteiger partial charge on any atom is 0.338 e. The van der Waals surface area contributed by atoms with Crippen molar-refractivity contribution in [2.45, 2.75) is 37.9 Å². The predicted octanol–water partition coefficient (Wildman–Crippen LogP) is 4.18. The van der Waals surface area contributed by atoms with E-state index < -0.39 is 23.9 Å². The first-order valence-electron chi connectivity index (χ1n) is 8.97. The third-order valence-electron chi connectivity index (χ3n) is 4.50. The normalized spacial score (nSPS) is 23.8. The fraction of sp³-hybridized carbons (Fsp3) is 0.350. The van der Waals surface area contributed by atoms with Gasteiger partial charge in [0.1, 0.15) is 6.61 Å². The Bertz CT molecular complexity index is 826. The van der Waals surface area contributed by atoms with Crippen molar-refractivity contribution >= 4 is 5.97 Å². The van der Waals surface area contributed by atoms with Crippen molar-refractivity contribution < 1.29 is 24.0 Å². The molecule has 2 aromatic rings. The Kier molecular flexibility index (Phi) is 6.62. The zero-order valence-electron chi connectivity index (χ0n) is 15.4. The van der Waals surface area contributed by atoms with Crippen LogP contribution in [-0.2, 0) is 25.9 Å². The first kappa shape index (κ1) is 19.9. The van der Waals surface area contributed by atoms with Crippen LogP contribution in [0.1, 0.15) is 29.3 Å². The topological polar surface area (TPSA) is 103 Å². The smallest absolute Gasteiger partial charge is 0.338 e. The summed E-state index contributed by atoms with van der Waals surface area (Å²) in [5.74, 6) is -0.557. The van der Waals surface area contributed by atoms with Gasteiger partial charge < -0.3 is 9.47 Å². The van der Waals surface area contributed by atoms with Crippen LogP contribution in [0.25, 0.3) is 10.4 Å². The Morgan fingerprint density at radius 2 is 1.89 bits per heavy atom. The van der Waals surface area contributed by atoms with E-state index in [9.17, 15) is 4.79 Å². The van der Waals surface area contributed by atoms with Crippen LogP contribution < -0.4 is 0 Å². The largest absolute Gasteiger partial charge is 0.453 e. The summed E-state index contributed by atoms with van der Waals surface area (Å²) >= 11 is 0. The summed E-state index contributed by atoms with van der Waals surface area (Å²) in [6.45, 7) is 2.07. The third kappa shape index (κ3) is 4.49. The lowest BCUT2D eigenvalue weighted by Crippen LogP contribution is -2.45. The Morgan fingerprint density at radius 1 is 1.21 bits per heavy atom. The van der Waals surface area contributed by atoms with Crippen molar-refractivity contribution in [1.29, 1.82) is 0 Å². The second-order valence-corrected chi connectivity index (χ2v) is 6.27. The van der Waals surface area contributed by atoms with Gasteiger partial charge in [-0.25, -0.2) is 14.6 Å². The summed E-state index contributed by atoms with van der Waals surface area (Å²) in [4.78, 5) is 26.2. The highest BCUT2D eigenvalue weighted by molar-refractivity contribution is 5.89. The van der Waals surface area contributed by atoms with E-state index in [1.54, 1.807) is 37.3 Å². The average molecular weight is 383 g/mol. The Balaban J connectivity index is 1.72. The molecule has 8 heteroatoms. The number of azide groups is 1. The van der Waals surface area contributed by atoms with E-state index >= 15 is 0 Å². The zero-order chi connectivity index (χ0) is 19.8. The molecule has 0 N–H and O–H groups in total. The number of carbonyl (C=O) groups is 1. The van der Waals surface area contributed by atoms with Gasteiger partial charge in [-0.05, 0) is 29.6 Å². The Labute approximate surface area is 162 Å². The summed E-state index contributed by atoms with van der Waals surface area (Å²) < 4.78 is 11.3. The molecule has 1 fully saturated rings. The molecular weight excluding hydrogens is 362 g/mol. The number of hydrogen-bond acceptors (Lipinski definition) is 6. The average Bonchev–Trinajstić information content (AvgIpc) is 3.07. The molecule has 3 rings (SSSR count). The fourth-order valence-electron chi connectivity index (χ4n) is 2.99. The summed E-state index contributed by atoms with van der Waals surface area (Å²) in [6.07, 6.45) is -1.37. The van der Waals surface area contributed by atoms with E-state index in [0.717, 1.165) is 5.56 Å². The Hall–Kier alpha value is -2.90. The van der Waals surface area contributed by atoms with Gasteiger partial charge >= 0.3 is 5.97 Å². The molecule has 2 aromatic carbocycles. The van der Waals surface area contributed by atoms with Crippen LogP contribution >= 0.6 is 0 Å². The van der Waals surface area contributed by atoms with Crippen LogP contribution in [0, 0.1) is 0 Å². The minimum Gasteiger partial charge on any atom is -0.453 e. The van der Waals surface area contributed by atoms with Crippen LogP contribution in [0.3, 0.4) is 0 Å². The molecule has 0 aliphatic carbocycles. The molecule has 1 aliphatic rings. The van der Waals surface area contributed by atoms with Crippen molar-refractivity contribution in [2.75, 3.05) is 6.61 Å². The van der Waals surface area contributed by atoms with Crippen LogP contribution in [0.5, 0.6) is 0 Å². The molecule has 1 saturated heterocycles. The van der Waals surface area contributed by atoms with Gasteiger partial charge in [0.25, 0.3) is 0 Å². The first-order chi connectivity index (χ1) is 13.7. The van der Waals surface area contributed by atoms with Gasteiger partial charge in [0, 0.05) is 4.91 Å². The first-order valence-corrected chi connectivity index (χ1v) is 8.97. The molecule has 0 unspecified atom stereocenters. The molecule has 28 heavy (non-hydrogen) atoms. The van der Waals surface area contributed by atoms with E-state index in [1.807, 2.05) is 30.3 Å². The number of hydrogen-bond donors (Lipinski definition) is 0. The van der Waals surface area contributed by atoms with Gasteiger partial charge in [0.05, 0.1) is 12.2 Å². The lowest BCUT2D eigenvalue weighted by molar-refractivity contribution is -0.341. The molecule has 0 radical (unpaired) electrons. The van der Waals surface area contributed by atoms with Gasteiger partial charge in [-0.2, -0.15) is 0 Å². The van der Waals surface area contributed by atoms with Crippen molar-refractivity contribution in [1.82, 2.24) is 0 Å². The number of carbonyl (C=O) groups excluding carboxylic acids is 1. The predicted molar refractivity (Wildman–Crippen MR) is 99.9 cm³/mol. The quantitative estimate of drug-likeness (QED) is 0.170. The van der Waals surface area contributed by atoms with Crippen LogP contribution in [0.4, 0.5) is 0 Å². The molecular formula is C20H21N3O5. The summed E-state index contributed by atoms with van der Waals surface area (Å²) in [6, 6.07) is 18.0. The van der Waals surface area contributed by atoms with Gasteiger partial charge in [-0.1, -0.05) is 60.6 Å². The highest BCUT2D eigenvalue weighted by atomic mass is 17.2. The minimum atomic E-state index is -1.35. The molecule has 146 valence electrons. The van der Waals surface area contributed by atoms with E-state index in [1.165, 1.54) is 0 Å². The van der Waals surface area contributed by atoms with E-state index in [0.29, 0.717) is 12.0 Å². The fourth-order valence-corrected chi connectivity index (χ4v) is 2.99. The molecule has 0 saturated carbocycles. The molecule has 8 nitrogen and oxygen atoms in total.